The van der Waals surface area contributed by atoms with Gasteiger partial charge < -0.3 is 0 Å². The lowest BCUT2D eigenvalue weighted by atomic mass is 9.97. The van der Waals surface area contributed by atoms with Crippen LogP contribution in [0.2, 0.25) is 5.02 Å². The van der Waals surface area contributed by atoms with Crippen molar-refractivity contribution < 1.29 is 8.42 Å². The first-order valence-electron chi connectivity index (χ1n) is 6.62. The highest BCUT2D eigenvalue weighted by Gasteiger charge is 2.17. The average Bonchev–Trinajstić information content (AvgIpc) is 2.39. The van der Waals surface area contributed by atoms with Crippen molar-refractivity contribution >= 4 is 37.6 Å². The van der Waals surface area contributed by atoms with Gasteiger partial charge in [0.05, 0.1) is 5.02 Å². The molecule has 0 heterocycles. The lowest BCUT2D eigenvalue weighted by Crippen LogP contribution is -2.25. The van der Waals surface area contributed by atoms with Crippen molar-refractivity contribution in [2.45, 2.75) is 37.0 Å². The largest absolute Gasteiger partial charge is 0.242 e. The molecule has 20 heavy (non-hydrogen) atoms. The smallest absolute Gasteiger partial charge is 0.211 e. The Morgan fingerprint density at radius 2 is 2.10 bits per heavy atom. The van der Waals surface area contributed by atoms with Crippen LogP contribution in [0, 0.1) is 0 Å². The molecule has 110 valence electrons. The molecule has 0 aliphatic heterocycles. The zero-order chi connectivity index (χ0) is 14.6. The molecule has 6 heteroatoms. The molecule has 0 saturated heterocycles. The van der Waals surface area contributed by atoms with E-state index in [1.165, 1.54) is 24.5 Å². The van der Waals surface area contributed by atoms with Gasteiger partial charge in [0, 0.05) is 11.0 Å². The summed E-state index contributed by atoms with van der Waals surface area (Å²) in [4.78, 5) is 0.125. The SMILES string of the molecule is O=S(=O)(NCCC1=CCCCC1)c1ccc(Br)cc1Cl. The van der Waals surface area contributed by atoms with Gasteiger partial charge in [-0.3, -0.25) is 0 Å². The van der Waals surface area contributed by atoms with Crippen molar-refractivity contribution in [3.63, 3.8) is 0 Å². The summed E-state index contributed by atoms with van der Waals surface area (Å²) in [7, 11) is -3.54. The van der Waals surface area contributed by atoms with Crippen LogP contribution in [0.25, 0.3) is 0 Å². The van der Waals surface area contributed by atoms with E-state index in [1.54, 1.807) is 12.1 Å². The van der Waals surface area contributed by atoms with Crippen LogP contribution in [0.15, 0.2) is 39.2 Å². The summed E-state index contributed by atoms with van der Waals surface area (Å²) < 4.78 is 27.7. The molecule has 2 rings (SSSR count). The summed E-state index contributed by atoms with van der Waals surface area (Å²) >= 11 is 9.24. The van der Waals surface area contributed by atoms with Crippen LogP contribution >= 0.6 is 27.5 Å². The van der Waals surface area contributed by atoms with Gasteiger partial charge in [0.15, 0.2) is 0 Å². The summed E-state index contributed by atoms with van der Waals surface area (Å²) in [6.07, 6.45) is 7.64. The maximum atomic E-state index is 12.2. The molecule has 0 bridgehead atoms. The second-order valence-corrected chi connectivity index (χ2v) is 7.89. The number of hydrogen-bond acceptors (Lipinski definition) is 2. The predicted octanol–water partition coefficient (Wildman–Crippen LogP) is 4.27. The zero-order valence-electron chi connectivity index (χ0n) is 11.0. The molecule has 0 atom stereocenters. The van der Waals surface area contributed by atoms with Crippen LogP contribution in [-0.2, 0) is 10.0 Å². The molecule has 0 spiro atoms. The Labute approximate surface area is 133 Å². The lowest BCUT2D eigenvalue weighted by Gasteiger charge is -2.13. The number of benzene rings is 1. The quantitative estimate of drug-likeness (QED) is 0.778. The van der Waals surface area contributed by atoms with E-state index in [0.717, 1.165) is 23.7 Å². The van der Waals surface area contributed by atoms with Gasteiger partial charge in [-0.05, 0) is 50.3 Å². The molecular formula is C14H17BrClNO2S. The molecule has 1 aliphatic rings. The van der Waals surface area contributed by atoms with Gasteiger partial charge in [0.25, 0.3) is 0 Å². The van der Waals surface area contributed by atoms with Crippen LogP contribution in [0.4, 0.5) is 0 Å². The lowest BCUT2D eigenvalue weighted by molar-refractivity contribution is 0.579. The van der Waals surface area contributed by atoms with Crippen LogP contribution in [-0.4, -0.2) is 15.0 Å². The van der Waals surface area contributed by atoms with E-state index < -0.39 is 10.0 Å². The van der Waals surface area contributed by atoms with E-state index >= 15 is 0 Å². The number of hydrogen-bond donors (Lipinski definition) is 1. The average molecular weight is 379 g/mol. The number of rotatable bonds is 5. The normalized spacial score (nSPS) is 16.0. The predicted molar refractivity (Wildman–Crippen MR) is 85.5 cm³/mol. The first kappa shape index (κ1) is 16.0. The van der Waals surface area contributed by atoms with Crippen molar-refractivity contribution in [3.8, 4) is 0 Å². The second-order valence-electron chi connectivity index (χ2n) is 4.83. The van der Waals surface area contributed by atoms with E-state index in [1.807, 2.05) is 0 Å². The highest BCUT2D eigenvalue weighted by atomic mass is 79.9. The molecule has 0 aromatic heterocycles. The van der Waals surface area contributed by atoms with Crippen molar-refractivity contribution in [1.82, 2.24) is 4.72 Å². The van der Waals surface area contributed by atoms with Crippen LogP contribution in [0.1, 0.15) is 32.1 Å². The van der Waals surface area contributed by atoms with Crippen molar-refractivity contribution in [1.29, 1.82) is 0 Å². The Hall–Kier alpha value is -0.360. The third kappa shape index (κ3) is 4.32. The second kappa shape index (κ2) is 7.07. The molecule has 1 aliphatic carbocycles. The van der Waals surface area contributed by atoms with Gasteiger partial charge in [-0.2, -0.15) is 0 Å². The van der Waals surface area contributed by atoms with Gasteiger partial charge in [0.1, 0.15) is 4.90 Å². The Morgan fingerprint density at radius 3 is 2.75 bits per heavy atom. The van der Waals surface area contributed by atoms with Crippen molar-refractivity contribution in [2.24, 2.45) is 0 Å². The Morgan fingerprint density at radius 1 is 1.30 bits per heavy atom. The standard InChI is InChI=1S/C14H17BrClNO2S/c15-12-6-7-14(13(16)10-12)20(18,19)17-9-8-11-4-2-1-3-5-11/h4,6-7,10,17H,1-3,5,8-9H2. The Balaban J connectivity index is 1.98. The molecule has 1 N–H and O–H groups in total. The minimum atomic E-state index is -3.54. The van der Waals surface area contributed by atoms with Crippen LogP contribution in [0.3, 0.4) is 0 Å². The highest BCUT2D eigenvalue weighted by molar-refractivity contribution is 9.10. The minimum Gasteiger partial charge on any atom is -0.211 e. The highest BCUT2D eigenvalue weighted by Crippen LogP contribution is 2.25. The van der Waals surface area contributed by atoms with Gasteiger partial charge >= 0.3 is 0 Å². The Bertz CT molecular complexity index is 614. The topological polar surface area (TPSA) is 46.2 Å². The molecule has 3 nitrogen and oxygen atoms in total. The van der Waals surface area contributed by atoms with E-state index in [2.05, 4.69) is 26.7 Å². The fourth-order valence-corrected chi connectivity index (χ4v) is 4.32. The maximum absolute atomic E-state index is 12.2. The van der Waals surface area contributed by atoms with Gasteiger partial charge in [-0.25, -0.2) is 13.1 Å². The summed E-state index contributed by atoms with van der Waals surface area (Å²) in [6, 6.07) is 4.76. The van der Waals surface area contributed by atoms with Crippen LogP contribution in [0.5, 0.6) is 0 Å². The van der Waals surface area contributed by atoms with E-state index in [9.17, 15) is 8.42 Å². The molecule has 1 aromatic rings. The monoisotopic (exact) mass is 377 g/mol. The van der Waals surface area contributed by atoms with Gasteiger partial charge in [0.2, 0.25) is 10.0 Å². The Kier molecular flexibility index (Phi) is 5.66. The summed E-state index contributed by atoms with van der Waals surface area (Å²) in [5.74, 6) is 0. The molecule has 0 radical (unpaired) electrons. The molecule has 0 unspecified atom stereocenters. The number of allylic oxidation sites excluding steroid dienone is 1. The molecule has 0 saturated carbocycles. The van der Waals surface area contributed by atoms with Crippen molar-refractivity contribution in [2.75, 3.05) is 6.54 Å². The fourth-order valence-electron chi connectivity index (χ4n) is 2.25. The van der Waals surface area contributed by atoms with Crippen molar-refractivity contribution in [3.05, 3.63) is 39.3 Å². The number of halogens is 2. The molecule has 0 fully saturated rings. The van der Waals surface area contributed by atoms with E-state index in [4.69, 9.17) is 11.6 Å². The maximum Gasteiger partial charge on any atom is 0.242 e. The molecule has 0 amide bonds. The third-order valence-electron chi connectivity index (χ3n) is 3.31. The number of nitrogens with one attached hydrogen (secondary N) is 1. The van der Waals surface area contributed by atoms with E-state index in [0.29, 0.717) is 6.54 Å². The summed E-state index contributed by atoms with van der Waals surface area (Å²) in [5, 5.41) is 0.226. The summed E-state index contributed by atoms with van der Waals surface area (Å²) in [6.45, 7) is 0.417. The fraction of sp³-hybridized carbons (Fsp3) is 0.429. The first-order valence-corrected chi connectivity index (χ1v) is 9.27. The van der Waals surface area contributed by atoms with Gasteiger partial charge in [-0.1, -0.05) is 39.2 Å². The third-order valence-corrected chi connectivity index (χ3v) is 5.74. The molecule has 1 aromatic carbocycles. The van der Waals surface area contributed by atoms with Crippen LogP contribution < -0.4 is 4.72 Å². The van der Waals surface area contributed by atoms with E-state index in [-0.39, 0.29) is 9.92 Å². The zero-order valence-corrected chi connectivity index (χ0v) is 14.2. The molecular weight excluding hydrogens is 362 g/mol. The summed E-state index contributed by atoms with van der Waals surface area (Å²) in [5.41, 5.74) is 1.35. The minimum absolute atomic E-state index is 0.125. The van der Waals surface area contributed by atoms with Gasteiger partial charge in [-0.15, -0.1) is 0 Å². The first-order chi connectivity index (χ1) is 9.49. The number of sulfonamides is 1.